The Morgan fingerprint density at radius 2 is 1.90 bits per heavy atom. The first kappa shape index (κ1) is 14.1. The number of H-pyrrole nitrogens is 1. The number of carbonyl (C=O) groups is 2. The standard InChI is InChI=1S/C15H22N4O2/c20-14(16-8-10-6-7-10)12-13(18-9-17-12)15(21)19-11-4-2-1-3-5-11/h9-11H,1-8H2,(H,16,20)(H,17,18)(H,19,21). The minimum Gasteiger partial charge on any atom is -0.350 e. The van der Waals surface area contributed by atoms with Gasteiger partial charge in [-0.3, -0.25) is 9.59 Å². The average molecular weight is 290 g/mol. The molecule has 0 bridgehead atoms. The lowest BCUT2D eigenvalue weighted by Crippen LogP contribution is -2.37. The van der Waals surface area contributed by atoms with E-state index >= 15 is 0 Å². The molecule has 2 saturated carbocycles. The number of rotatable bonds is 5. The molecule has 2 fully saturated rings. The number of aromatic amines is 1. The van der Waals surface area contributed by atoms with Gasteiger partial charge in [0.1, 0.15) is 5.69 Å². The van der Waals surface area contributed by atoms with E-state index in [1.165, 1.54) is 25.6 Å². The fourth-order valence-electron chi connectivity index (χ4n) is 2.79. The molecule has 6 heteroatoms. The first-order valence-electron chi connectivity index (χ1n) is 7.86. The van der Waals surface area contributed by atoms with Crippen molar-refractivity contribution in [1.82, 2.24) is 20.6 Å². The zero-order valence-corrected chi connectivity index (χ0v) is 12.2. The highest BCUT2D eigenvalue weighted by Gasteiger charge is 2.26. The highest BCUT2D eigenvalue weighted by Crippen LogP contribution is 2.27. The fourth-order valence-corrected chi connectivity index (χ4v) is 2.79. The first-order valence-corrected chi connectivity index (χ1v) is 7.86. The maximum absolute atomic E-state index is 12.3. The van der Waals surface area contributed by atoms with Crippen LogP contribution < -0.4 is 10.6 Å². The molecule has 0 spiro atoms. The lowest BCUT2D eigenvalue weighted by Gasteiger charge is -2.22. The second kappa shape index (κ2) is 6.28. The van der Waals surface area contributed by atoms with Gasteiger partial charge in [-0.1, -0.05) is 19.3 Å². The maximum Gasteiger partial charge on any atom is 0.272 e. The number of nitrogens with zero attached hydrogens (tertiary/aromatic N) is 1. The van der Waals surface area contributed by atoms with Gasteiger partial charge in [-0.25, -0.2) is 4.98 Å². The first-order chi connectivity index (χ1) is 10.2. The van der Waals surface area contributed by atoms with Crippen molar-refractivity contribution in [3.05, 3.63) is 17.7 Å². The van der Waals surface area contributed by atoms with Gasteiger partial charge in [-0.05, 0) is 31.6 Å². The van der Waals surface area contributed by atoms with Crippen molar-refractivity contribution >= 4 is 11.8 Å². The van der Waals surface area contributed by atoms with Crippen LogP contribution in [-0.4, -0.2) is 34.4 Å². The smallest absolute Gasteiger partial charge is 0.272 e. The summed E-state index contributed by atoms with van der Waals surface area (Å²) in [5.41, 5.74) is 0.470. The predicted molar refractivity (Wildman–Crippen MR) is 78.0 cm³/mol. The number of hydrogen-bond donors (Lipinski definition) is 3. The fraction of sp³-hybridized carbons (Fsp3) is 0.667. The molecule has 2 amide bonds. The van der Waals surface area contributed by atoms with Gasteiger partial charge in [0.25, 0.3) is 11.8 Å². The number of hydrogen-bond acceptors (Lipinski definition) is 3. The molecule has 2 aliphatic carbocycles. The monoisotopic (exact) mass is 290 g/mol. The highest BCUT2D eigenvalue weighted by molar-refractivity contribution is 6.04. The molecular weight excluding hydrogens is 268 g/mol. The Morgan fingerprint density at radius 1 is 1.14 bits per heavy atom. The molecule has 0 unspecified atom stereocenters. The summed E-state index contributed by atoms with van der Waals surface area (Å²) in [5.74, 6) is 0.115. The van der Waals surface area contributed by atoms with E-state index in [1.807, 2.05) is 0 Å². The molecule has 0 atom stereocenters. The van der Waals surface area contributed by atoms with Gasteiger partial charge in [-0.15, -0.1) is 0 Å². The van der Waals surface area contributed by atoms with Crippen LogP contribution in [0.2, 0.25) is 0 Å². The minimum absolute atomic E-state index is 0.203. The molecule has 21 heavy (non-hydrogen) atoms. The van der Waals surface area contributed by atoms with Gasteiger partial charge in [-0.2, -0.15) is 0 Å². The van der Waals surface area contributed by atoms with Crippen LogP contribution in [0, 0.1) is 5.92 Å². The van der Waals surface area contributed by atoms with Crippen LogP contribution in [-0.2, 0) is 0 Å². The van der Waals surface area contributed by atoms with Gasteiger partial charge in [0.05, 0.1) is 6.33 Å². The molecular formula is C15H22N4O2. The summed E-state index contributed by atoms with van der Waals surface area (Å²) >= 11 is 0. The maximum atomic E-state index is 12.3. The summed E-state index contributed by atoms with van der Waals surface area (Å²) in [5, 5.41) is 5.85. The number of amides is 2. The third kappa shape index (κ3) is 3.62. The van der Waals surface area contributed by atoms with Crippen molar-refractivity contribution in [3.8, 4) is 0 Å². The van der Waals surface area contributed by atoms with Crippen LogP contribution in [0.1, 0.15) is 65.9 Å². The van der Waals surface area contributed by atoms with E-state index in [2.05, 4.69) is 20.6 Å². The lowest BCUT2D eigenvalue weighted by molar-refractivity contribution is 0.0897. The molecule has 0 aromatic carbocycles. The van der Waals surface area contributed by atoms with E-state index in [4.69, 9.17) is 0 Å². The van der Waals surface area contributed by atoms with Gasteiger partial charge in [0.2, 0.25) is 0 Å². The number of imidazole rings is 1. The summed E-state index contributed by atoms with van der Waals surface area (Å²) in [6.07, 6.45) is 9.33. The zero-order valence-electron chi connectivity index (χ0n) is 12.2. The van der Waals surface area contributed by atoms with Crippen molar-refractivity contribution in [1.29, 1.82) is 0 Å². The third-order valence-electron chi connectivity index (χ3n) is 4.27. The van der Waals surface area contributed by atoms with E-state index < -0.39 is 0 Å². The molecule has 1 aromatic rings. The molecule has 0 saturated heterocycles. The van der Waals surface area contributed by atoms with Crippen molar-refractivity contribution in [2.24, 2.45) is 5.92 Å². The summed E-state index contributed by atoms with van der Waals surface area (Å²) in [7, 11) is 0. The van der Waals surface area contributed by atoms with Gasteiger partial charge >= 0.3 is 0 Å². The molecule has 3 N–H and O–H groups in total. The van der Waals surface area contributed by atoms with Gasteiger partial charge in [0.15, 0.2) is 5.69 Å². The highest BCUT2D eigenvalue weighted by atomic mass is 16.2. The summed E-state index contributed by atoms with van der Waals surface area (Å²) in [4.78, 5) is 31.2. The quantitative estimate of drug-likeness (QED) is 0.770. The summed E-state index contributed by atoms with van der Waals surface area (Å²) < 4.78 is 0. The van der Waals surface area contributed by atoms with Crippen molar-refractivity contribution in [3.63, 3.8) is 0 Å². The Morgan fingerprint density at radius 3 is 2.62 bits per heavy atom. The lowest BCUT2D eigenvalue weighted by atomic mass is 9.95. The Bertz CT molecular complexity index is 515. The third-order valence-corrected chi connectivity index (χ3v) is 4.27. The molecule has 0 radical (unpaired) electrons. The van der Waals surface area contributed by atoms with Crippen LogP contribution in [0.3, 0.4) is 0 Å². The van der Waals surface area contributed by atoms with Crippen LogP contribution in [0.15, 0.2) is 6.33 Å². The topological polar surface area (TPSA) is 86.9 Å². The molecule has 114 valence electrons. The van der Waals surface area contributed by atoms with E-state index in [0.29, 0.717) is 12.5 Å². The Hall–Kier alpha value is -1.85. The summed E-state index contributed by atoms with van der Waals surface area (Å²) in [6, 6.07) is 0.213. The molecule has 0 aliphatic heterocycles. The Balaban J connectivity index is 1.59. The Kier molecular flexibility index (Phi) is 4.22. The van der Waals surface area contributed by atoms with Crippen molar-refractivity contribution in [2.75, 3.05) is 6.54 Å². The van der Waals surface area contributed by atoms with Gasteiger partial charge in [0, 0.05) is 12.6 Å². The van der Waals surface area contributed by atoms with Crippen LogP contribution in [0.4, 0.5) is 0 Å². The number of carbonyl (C=O) groups excluding carboxylic acids is 2. The number of nitrogens with one attached hydrogen (secondary N) is 3. The number of aromatic nitrogens is 2. The average Bonchev–Trinajstić information content (AvgIpc) is 3.19. The minimum atomic E-state index is -0.250. The van der Waals surface area contributed by atoms with Crippen LogP contribution >= 0.6 is 0 Å². The molecule has 1 aromatic heterocycles. The zero-order chi connectivity index (χ0) is 14.7. The van der Waals surface area contributed by atoms with Crippen molar-refractivity contribution in [2.45, 2.75) is 51.0 Å². The van der Waals surface area contributed by atoms with E-state index in [9.17, 15) is 9.59 Å². The molecule has 3 rings (SSSR count). The normalized spacial score (nSPS) is 19.2. The van der Waals surface area contributed by atoms with E-state index in [-0.39, 0.29) is 29.2 Å². The predicted octanol–water partition coefficient (Wildman–Crippen LogP) is 1.61. The second-order valence-electron chi connectivity index (χ2n) is 6.09. The van der Waals surface area contributed by atoms with Crippen LogP contribution in [0.5, 0.6) is 0 Å². The van der Waals surface area contributed by atoms with E-state index in [1.54, 1.807) is 0 Å². The largest absolute Gasteiger partial charge is 0.350 e. The molecule has 6 nitrogen and oxygen atoms in total. The van der Waals surface area contributed by atoms with Crippen molar-refractivity contribution < 1.29 is 9.59 Å². The van der Waals surface area contributed by atoms with Crippen LogP contribution in [0.25, 0.3) is 0 Å². The Labute approximate surface area is 124 Å². The molecule has 1 heterocycles. The van der Waals surface area contributed by atoms with E-state index in [0.717, 1.165) is 25.7 Å². The molecule has 2 aliphatic rings. The second-order valence-corrected chi connectivity index (χ2v) is 6.09. The summed E-state index contributed by atoms with van der Waals surface area (Å²) in [6.45, 7) is 0.682. The SMILES string of the molecule is O=C(NC1CCCCC1)c1nc[nH]c1C(=O)NCC1CC1. The van der Waals surface area contributed by atoms with Gasteiger partial charge < -0.3 is 15.6 Å².